The van der Waals surface area contributed by atoms with E-state index in [4.69, 9.17) is 0 Å². The molecule has 6 heteroatoms. The van der Waals surface area contributed by atoms with Crippen LogP contribution in [0.15, 0.2) is 59.5 Å². The largest absolute Gasteiger partial charge is 0.351 e. The number of hydrogen-bond acceptors (Lipinski definition) is 3. The van der Waals surface area contributed by atoms with Gasteiger partial charge < -0.3 is 5.32 Å². The molecular weight excluding hydrogens is 336 g/mol. The molecule has 0 bridgehead atoms. The number of nitrogens with one attached hydrogen (secondary N) is 1. The number of rotatable bonds is 8. The lowest BCUT2D eigenvalue weighted by atomic mass is 10.1. The van der Waals surface area contributed by atoms with E-state index in [1.54, 1.807) is 36.9 Å². The molecule has 0 fully saturated rings. The van der Waals surface area contributed by atoms with Crippen molar-refractivity contribution < 1.29 is 13.2 Å². The van der Waals surface area contributed by atoms with Crippen LogP contribution in [0, 0.1) is 13.5 Å². The second-order valence-electron chi connectivity index (χ2n) is 5.85. The molecule has 0 heterocycles. The van der Waals surface area contributed by atoms with Gasteiger partial charge in [0.15, 0.2) is 0 Å². The summed E-state index contributed by atoms with van der Waals surface area (Å²) in [6.07, 6.45) is 0.733. The van der Waals surface area contributed by atoms with Crippen LogP contribution in [0.25, 0.3) is 0 Å². The molecule has 0 spiro atoms. The van der Waals surface area contributed by atoms with Crippen molar-refractivity contribution in [3.05, 3.63) is 72.3 Å². The lowest BCUT2D eigenvalue weighted by Gasteiger charge is -2.16. The van der Waals surface area contributed by atoms with Crippen molar-refractivity contribution in [2.45, 2.75) is 24.7 Å². The molecule has 0 aromatic heterocycles. The summed E-state index contributed by atoms with van der Waals surface area (Å²) in [5.74, 6) is -0.206. The highest BCUT2D eigenvalue weighted by atomic mass is 32.2. The molecule has 25 heavy (non-hydrogen) atoms. The second-order valence-corrected chi connectivity index (χ2v) is 7.90. The Kier molecular flexibility index (Phi) is 6.73. The highest BCUT2D eigenvalue weighted by Crippen LogP contribution is 2.13. The van der Waals surface area contributed by atoms with Gasteiger partial charge in [0.2, 0.25) is 15.9 Å². The molecule has 0 saturated heterocycles. The first kappa shape index (κ1) is 19.1. The highest BCUT2D eigenvalue weighted by Gasteiger charge is 2.20. The van der Waals surface area contributed by atoms with E-state index in [1.807, 2.05) is 31.2 Å². The van der Waals surface area contributed by atoms with Crippen LogP contribution in [0.3, 0.4) is 0 Å². The van der Waals surface area contributed by atoms with E-state index >= 15 is 0 Å². The molecule has 1 N–H and O–H groups in total. The van der Waals surface area contributed by atoms with Gasteiger partial charge in [-0.15, -0.1) is 0 Å². The summed E-state index contributed by atoms with van der Waals surface area (Å²) >= 11 is 0. The maximum atomic E-state index is 12.4. The molecule has 0 aliphatic carbocycles. The summed E-state index contributed by atoms with van der Waals surface area (Å²) < 4.78 is 25.9. The van der Waals surface area contributed by atoms with Crippen LogP contribution in [0.5, 0.6) is 0 Å². The molecule has 2 rings (SSSR count). The first-order valence-corrected chi connectivity index (χ1v) is 9.51. The fourth-order valence-electron chi connectivity index (χ4n) is 2.23. The van der Waals surface area contributed by atoms with E-state index in [9.17, 15) is 13.2 Å². The maximum Gasteiger partial charge on any atom is 0.242 e. The Morgan fingerprint density at radius 2 is 1.72 bits per heavy atom. The van der Waals surface area contributed by atoms with Crippen molar-refractivity contribution in [3.8, 4) is 0 Å². The summed E-state index contributed by atoms with van der Waals surface area (Å²) in [5.41, 5.74) is 2.30. The van der Waals surface area contributed by atoms with E-state index in [1.165, 1.54) is 16.9 Å². The number of sulfonamides is 1. The first-order chi connectivity index (χ1) is 11.9. The van der Waals surface area contributed by atoms with Crippen molar-refractivity contribution in [2.75, 3.05) is 13.6 Å². The Labute approximate surface area is 149 Å². The first-order valence-electron chi connectivity index (χ1n) is 8.07. The van der Waals surface area contributed by atoms with E-state index in [0.717, 1.165) is 5.56 Å². The minimum atomic E-state index is -3.56. The van der Waals surface area contributed by atoms with Crippen molar-refractivity contribution in [3.63, 3.8) is 0 Å². The van der Waals surface area contributed by atoms with Gasteiger partial charge in [0.1, 0.15) is 0 Å². The standard InChI is InChI=1S/C19H23N2O3S/c1-16-8-10-17(11-9-16)12-14-20-19(22)13-15-21(2)25(23,24)18-6-4-3-5-7-18/h3-11,14H,12-13,15H2,1-2H3,(H,20,22). The van der Waals surface area contributed by atoms with E-state index < -0.39 is 10.0 Å². The van der Waals surface area contributed by atoms with Crippen LogP contribution in [0.2, 0.25) is 0 Å². The molecular formula is C19H23N2O3S. The summed E-state index contributed by atoms with van der Waals surface area (Å²) in [6, 6.07) is 16.3. The lowest BCUT2D eigenvalue weighted by Crippen LogP contribution is -2.32. The van der Waals surface area contributed by atoms with Crippen LogP contribution in [-0.4, -0.2) is 32.2 Å². The zero-order valence-corrected chi connectivity index (χ0v) is 15.3. The molecule has 133 valence electrons. The quantitative estimate of drug-likeness (QED) is 0.788. The topological polar surface area (TPSA) is 66.5 Å². The molecule has 2 aromatic rings. The van der Waals surface area contributed by atoms with E-state index in [-0.39, 0.29) is 23.8 Å². The lowest BCUT2D eigenvalue weighted by molar-refractivity contribution is -0.120. The predicted molar refractivity (Wildman–Crippen MR) is 98.2 cm³/mol. The average Bonchev–Trinajstić information content (AvgIpc) is 2.62. The number of benzene rings is 2. The van der Waals surface area contributed by atoms with Crippen LogP contribution in [-0.2, 0) is 21.2 Å². The molecule has 0 aliphatic heterocycles. The monoisotopic (exact) mass is 359 g/mol. The Morgan fingerprint density at radius 1 is 1.08 bits per heavy atom. The fourth-order valence-corrected chi connectivity index (χ4v) is 3.42. The number of nitrogens with zero attached hydrogens (tertiary/aromatic N) is 1. The Hall–Kier alpha value is -2.18. The molecule has 2 aromatic carbocycles. The molecule has 0 unspecified atom stereocenters. The SMILES string of the molecule is Cc1ccc(C[CH]NC(=O)CCN(C)S(=O)(=O)c2ccccc2)cc1. The van der Waals surface area contributed by atoms with E-state index in [0.29, 0.717) is 6.42 Å². The van der Waals surface area contributed by atoms with Crippen molar-refractivity contribution >= 4 is 15.9 Å². The third-order valence-electron chi connectivity index (χ3n) is 3.83. The minimum Gasteiger partial charge on any atom is -0.351 e. The molecule has 5 nitrogen and oxygen atoms in total. The molecule has 0 saturated carbocycles. The van der Waals surface area contributed by atoms with Gasteiger partial charge >= 0.3 is 0 Å². The molecule has 1 amide bonds. The summed E-state index contributed by atoms with van der Waals surface area (Å²) in [7, 11) is -2.08. The predicted octanol–water partition coefficient (Wildman–Crippen LogP) is 2.53. The van der Waals surface area contributed by atoms with Gasteiger partial charge in [-0.3, -0.25) is 4.79 Å². The summed E-state index contributed by atoms with van der Waals surface area (Å²) in [6.45, 7) is 3.84. The van der Waals surface area contributed by atoms with Gasteiger partial charge in [-0.1, -0.05) is 48.0 Å². The van der Waals surface area contributed by atoms with Gasteiger partial charge in [0, 0.05) is 20.0 Å². The van der Waals surface area contributed by atoms with Gasteiger partial charge in [-0.05, 0) is 31.0 Å². The molecule has 0 aliphatic rings. The summed E-state index contributed by atoms with van der Waals surface area (Å²) in [5, 5.41) is 2.71. The second kappa shape index (κ2) is 8.78. The molecule has 0 atom stereocenters. The van der Waals surface area contributed by atoms with Gasteiger partial charge in [0.05, 0.1) is 11.4 Å². The van der Waals surface area contributed by atoms with E-state index in [2.05, 4.69) is 5.32 Å². The van der Waals surface area contributed by atoms with Crippen LogP contribution >= 0.6 is 0 Å². The average molecular weight is 359 g/mol. The number of carbonyl (C=O) groups excluding carboxylic acids is 1. The van der Waals surface area contributed by atoms with Gasteiger partial charge in [0.25, 0.3) is 0 Å². The Bertz CT molecular complexity index is 787. The number of hydrogen-bond donors (Lipinski definition) is 1. The van der Waals surface area contributed by atoms with Crippen LogP contribution in [0.1, 0.15) is 17.5 Å². The summed E-state index contributed by atoms with van der Waals surface area (Å²) in [4.78, 5) is 12.1. The zero-order valence-electron chi connectivity index (χ0n) is 14.5. The Morgan fingerprint density at radius 3 is 2.36 bits per heavy atom. The van der Waals surface area contributed by atoms with Crippen LogP contribution < -0.4 is 5.32 Å². The zero-order chi connectivity index (χ0) is 18.3. The van der Waals surface area contributed by atoms with Crippen molar-refractivity contribution in [2.24, 2.45) is 0 Å². The van der Waals surface area contributed by atoms with Crippen molar-refractivity contribution in [1.82, 2.24) is 9.62 Å². The van der Waals surface area contributed by atoms with Gasteiger partial charge in [-0.2, -0.15) is 0 Å². The highest BCUT2D eigenvalue weighted by molar-refractivity contribution is 7.89. The number of carbonyl (C=O) groups is 1. The smallest absolute Gasteiger partial charge is 0.242 e. The third kappa shape index (κ3) is 5.69. The van der Waals surface area contributed by atoms with Crippen molar-refractivity contribution in [1.29, 1.82) is 0 Å². The van der Waals surface area contributed by atoms with Gasteiger partial charge in [-0.25, -0.2) is 12.7 Å². The number of aryl methyl sites for hydroxylation is 1. The fraction of sp³-hybridized carbons (Fsp3) is 0.263. The van der Waals surface area contributed by atoms with Crippen LogP contribution in [0.4, 0.5) is 0 Å². The number of amides is 1. The third-order valence-corrected chi connectivity index (χ3v) is 5.70. The molecule has 1 radical (unpaired) electrons. The normalized spacial score (nSPS) is 11.5. The minimum absolute atomic E-state index is 0.104. The Balaban J connectivity index is 1.76. The maximum absolute atomic E-state index is 12.4.